The molecule has 0 saturated heterocycles. The van der Waals surface area contributed by atoms with Crippen molar-refractivity contribution in [3.8, 4) is 0 Å². The molecule has 0 amide bonds. The Morgan fingerprint density at radius 1 is 0.135 bits per heavy atom. The van der Waals surface area contributed by atoms with Crippen molar-refractivity contribution in [2.24, 2.45) is 0 Å². The molecule has 8 aromatic carbocycles. The third kappa shape index (κ3) is 3.98. The van der Waals surface area contributed by atoms with E-state index in [9.17, 15) is 0 Å². The summed E-state index contributed by atoms with van der Waals surface area (Å²) >= 11 is 0. The first-order valence-corrected chi connectivity index (χ1v) is 18.3. The average Bonchev–Trinajstić information content (AvgIpc) is 3.24. The van der Waals surface area contributed by atoms with Crippen LogP contribution in [0.2, 0.25) is 0 Å². The van der Waals surface area contributed by atoms with Crippen molar-refractivity contribution in [1.82, 2.24) is 0 Å². The molecule has 0 radical (unpaired) electrons. The predicted octanol–water partition coefficient (Wildman–Crippen LogP) is 11.9. The van der Waals surface area contributed by atoms with Crippen LogP contribution in [0, 0.1) is 0 Å². The van der Waals surface area contributed by atoms with Gasteiger partial charge in [-0.3, -0.25) is 0 Å². The molecule has 9 rings (SSSR count). The Labute approximate surface area is 307 Å². The van der Waals surface area contributed by atoms with Gasteiger partial charge in [0.05, 0.1) is 21.7 Å². The molecule has 1 aliphatic rings. The molecule has 0 unspecified atom stereocenters. The Kier molecular flexibility index (Phi) is 7.82. The predicted molar refractivity (Wildman–Crippen MR) is 215 cm³/mol. The Morgan fingerprint density at radius 3 is 0.327 bits per heavy atom. The number of benzene rings is 8. The van der Waals surface area contributed by atoms with Crippen LogP contribution in [0.1, 0.15) is 44.5 Å². The van der Waals surface area contributed by atoms with E-state index >= 15 is 0 Å². The lowest BCUT2D eigenvalue weighted by Gasteiger charge is -2.83. The lowest BCUT2D eigenvalue weighted by Crippen LogP contribution is -2.88. The van der Waals surface area contributed by atoms with Crippen LogP contribution in [-0.4, -0.2) is 0 Å². The molecule has 0 heterocycles. The molecule has 0 aromatic heterocycles. The van der Waals surface area contributed by atoms with Gasteiger partial charge in [-0.25, -0.2) is 0 Å². The van der Waals surface area contributed by atoms with Crippen LogP contribution >= 0.6 is 0 Å². The zero-order valence-electron chi connectivity index (χ0n) is 29.1. The van der Waals surface area contributed by atoms with E-state index in [2.05, 4.69) is 243 Å². The van der Waals surface area contributed by atoms with Crippen LogP contribution in [0.3, 0.4) is 0 Å². The van der Waals surface area contributed by atoms with Crippen LogP contribution in [0.25, 0.3) is 0 Å². The van der Waals surface area contributed by atoms with Crippen molar-refractivity contribution < 1.29 is 0 Å². The Hall–Kier alpha value is -6.24. The SMILES string of the molecule is c1ccc(C2(c3ccccc3)C(c3ccccc3)(c3ccccc3)C(c3ccccc3)(c3ccccc3)C2(c2ccccc2)c2ccccc2)cc1. The Morgan fingerprint density at radius 2 is 0.231 bits per heavy atom. The molecule has 0 N–H and O–H groups in total. The Bertz CT molecular complexity index is 1830. The van der Waals surface area contributed by atoms with E-state index in [-0.39, 0.29) is 0 Å². The van der Waals surface area contributed by atoms with Gasteiger partial charge in [0.25, 0.3) is 0 Å². The standard InChI is InChI=1S/C52H40/c1-9-25-41(26-10-1)49(42-27-11-2-12-28-42)50(43-29-13-3-14-30-43,44-31-15-4-16-32-44)52(47-37-21-7-22-38-47,48-39-23-8-24-40-48)51(49,45-33-17-5-18-34-45)46-35-19-6-20-36-46/h1-40H. The second-order valence-corrected chi connectivity index (χ2v) is 13.9. The minimum atomic E-state index is -0.709. The molecule has 52 heavy (non-hydrogen) atoms. The smallest absolute Gasteiger partial charge is 0.0501 e. The van der Waals surface area contributed by atoms with Gasteiger partial charge in [0.1, 0.15) is 0 Å². The quantitative estimate of drug-likeness (QED) is 0.152. The fourth-order valence-electron chi connectivity index (χ4n) is 10.7. The first-order valence-electron chi connectivity index (χ1n) is 18.3. The summed E-state index contributed by atoms with van der Waals surface area (Å²) in [4.78, 5) is 0. The molecule has 8 aromatic rings. The van der Waals surface area contributed by atoms with Crippen molar-refractivity contribution in [2.75, 3.05) is 0 Å². The first kappa shape index (κ1) is 31.7. The van der Waals surface area contributed by atoms with Gasteiger partial charge in [-0.2, -0.15) is 0 Å². The van der Waals surface area contributed by atoms with Gasteiger partial charge < -0.3 is 0 Å². The fourth-order valence-corrected chi connectivity index (χ4v) is 10.7. The van der Waals surface area contributed by atoms with Crippen molar-refractivity contribution in [3.05, 3.63) is 287 Å². The van der Waals surface area contributed by atoms with E-state index in [1.165, 1.54) is 44.5 Å². The van der Waals surface area contributed by atoms with Gasteiger partial charge >= 0.3 is 0 Å². The largest absolute Gasteiger partial charge is 0.0622 e. The van der Waals surface area contributed by atoms with E-state index in [0.29, 0.717) is 0 Å². The number of rotatable bonds is 8. The molecule has 1 fully saturated rings. The highest BCUT2D eigenvalue weighted by Crippen LogP contribution is 2.86. The maximum atomic E-state index is 2.38. The first-order chi connectivity index (χ1) is 25.8. The molecule has 0 bridgehead atoms. The van der Waals surface area contributed by atoms with Gasteiger partial charge in [0.15, 0.2) is 0 Å². The van der Waals surface area contributed by atoms with Gasteiger partial charge in [0.2, 0.25) is 0 Å². The molecule has 248 valence electrons. The van der Waals surface area contributed by atoms with Gasteiger partial charge in [-0.15, -0.1) is 0 Å². The zero-order valence-corrected chi connectivity index (χ0v) is 29.1. The molecular weight excluding hydrogens is 625 g/mol. The van der Waals surface area contributed by atoms with Gasteiger partial charge in [-0.05, 0) is 44.5 Å². The third-order valence-corrected chi connectivity index (χ3v) is 11.9. The molecule has 1 saturated carbocycles. The molecule has 0 aliphatic heterocycles. The minimum absolute atomic E-state index is 0.709. The highest BCUT2D eigenvalue weighted by molar-refractivity contribution is 5.82. The number of hydrogen-bond donors (Lipinski definition) is 0. The van der Waals surface area contributed by atoms with Crippen molar-refractivity contribution in [1.29, 1.82) is 0 Å². The molecule has 0 spiro atoms. The normalized spacial score (nSPS) is 16.3. The molecule has 0 heteroatoms. The van der Waals surface area contributed by atoms with Crippen molar-refractivity contribution >= 4 is 0 Å². The van der Waals surface area contributed by atoms with Gasteiger partial charge in [-0.1, -0.05) is 243 Å². The summed E-state index contributed by atoms with van der Waals surface area (Å²) in [6.45, 7) is 0. The van der Waals surface area contributed by atoms with E-state index in [0.717, 1.165) is 0 Å². The summed E-state index contributed by atoms with van der Waals surface area (Å²) in [7, 11) is 0. The maximum Gasteiger partial charge on any atom is 0.0501 e. The summed E-state index contributed by atoms with van der Waals surface area (Å²) in [5.74, 6) is 0. The van der Waals surface area contributed by atoms with Crippen LogP contribution < -0.4 is 0 Å². The van der Waals surface area contributed by atoms with Crippen LogP contribution in [-0.2, 0) is 21.7 Å². The maximum absolute atomic E-state index is 2.38. The highest BCUT2D eigenvalue weighted by Gasteiger charge is 2.89. The second-order valence-electron chi connectivity index (χ2n) is 13.9. The lowest BCUT2D eigenvalue weighted by molar-refractivity contribution is -0.0571. The summed E-state index contributed by atoms with van der Waals surface area (Å²) in [6.07, 6.45) is 0. The molecular formula is C52H40. The minimum Gasteiger partial charge on any atom is -0.0622 e. The lowest BCUT2D eigenvalue weighted by atomic mass is 9.16. The van der Waals surface area contributed by atoms with E-state index in [1.54, 1.807) is 0 Å². The monoisotopic (exact) mass is 664 g/mol. The topological polar surface area (TPSA) is 0 Å². The molecule has 0 atom stereocenters. The van der Waals surface area contributed by atoms with E-state index in [1.807, 2.05) is 0 Å². The second kappa shape index (κ2) is 12.8. The van der Waals surface area contributed by atoms with Crippen LogP contribution in [0.5, 0.6) is 0 Å². The summed E-state index contributed by atoms with van der Waals surface area (Å²) < 4.78 is 0. The van der Waals surface area contributed by atoms with Crippen LogP contribution in [0.15, 0.2) is 243 Å². The molecule has 0 nitrogen and oxygen atoms in total. The fraction of sp³-hybridized carbons (Fsp3) is 0.0769. The van der Waals surface area contributed by atoms with Crippen molar-refractivity contribution in [2.45, 2.75) is 21.7 Å². The highest BCUT2D eigenvalue weighted by atomic mass is 14.9. The van der Waals surface area contributed by atoms with E-state index in [4.69, 9.17) is 0 Å². The summed E-state index contributed by atoms with van der Waals surface area (Å²) in [5.41, 5.74) is 7.31. The third-order valence-electron chi connectivity index (χ3n) is 11.9. The number of hydrogen-bond acceptors (Lipinski definition) is 0. The van der Waals surface area contributed by atoms with Crippen LogP contribution in [0.4, 0.5) is 0 Å². The van der Waals surface area contributed by atoms with Crippen molar-refractivity contribution in [3.63, 3.8) is 0 Å². The zero-order chi connectivity index (χ0) is 34.9. The average molecular weight is 665 g/mol. The summed E-state index contributed by atoms with van der Waals surface area (Å²) in [5, 5.41) is 0. The Balaban J connectivity index is 1.70. The van der Waals surface area contributed by atoms with Gasteiger partial charge in [0, 0.05) is 0 Å². The summed E-state index contributed by atoms with van der Waals surface area (Å²) in [6, 6.07) is 91.0. The molecule has 1 aliphatic carbocycles. The van der Waals surface area contributed by atoms with E-state index < -0.39 is 21.7 Å².